The Bertz CT molecular complexity index is 1490. The predicted molar refractivity (Wildman–Crippen MR) is 133 cm³/mol. The third-order valence-electron chi connectivity index (χ3n) is 5.33. The average Bonchev–Trinajstić information content (AvgIpc) is 3.18. The van der Waals surface area contributed by atoms with E-state index in [0.717, 1.165) is 6.26 Å². The molecule has 0 fully saturated rings. The minimum absolute atomic E-state index is 0.133. The normalized spacial score (nSPS) is 12.2. The van der Waals surface area contributed by atoms with Gasteiger partial charge in [-0.05, 0) is 67.4 Å². The van der Waals surface area contributed by atoms with Crippen molar-refractivity contribution < 1.29 is 17.9 Å². The van der Waals surface area contributed by atoms with Crippen LogP contribution in [0.15, 0.2) is 71.6 Å². The molecule has 0 spiro atoms. The van der Waals surface area contributed by atoms with Gasteiger partial charge in [0, 0.05) is 6.26 Å². The zero-order valence-corrected chi connectivity index (χ0v) is 20.9. The molecule has 0 aliphatic heterocycles. The van der Waals surface area contributed by atoms with Crippen molar-refractivity contribution in [2.24, 2.45) is 0 Å². The van der Waals surface area contributed by atoms with Gasteiger partial charge in [0.1, 0.15) is 11.4 Å². The summed E-state index contributed by atoms with van der Waals surface area (Å²) in [5.41, 5.74) is 1.28. The molecule has 4 aromatic rings. The Morgan fingerprint density at radius 1 is 0.941 bits per heavy atom. The van der Waals surface area contributed by atoms with E-state index in [4.69, 9.17) is 23.2 Å². The molecule has 0 saturated carbocycles. The number of aromatic nitrogens is 2. The van der Waals surface area contributed by atoms with Crippen LogP contribution in [0, 0.1) is 5.82 Å². The molecule has 176 valence electrons. The molecule has 0 bridgehead atoms. The Balaban J connectivity index is 1.88. The first-order chi connectivity index (χ1) is 15.9. The zero-order chi connectivity index (χ0) is 24.8. The Hall–Kier alpha value is -2.71. The van der Waals surface area contributed by atoms with Gasteiger partial charge in [0.05, 0.1) is 37.6 Å². The number of hydrogen-bond donors (Lipinski definition) is 1. The summed E-state index contributed by atoms with van der Waals surface area (Å²) in [7, 11) is -3.37. The number of halogens is 3. The number of aliphatic hydroxyl groups is 1. The smallest absolute Gasteiger partial charge is 0.175 e. The first-order valence-electron chi connectivity index (χ1n) is 10.2. The molecule has 9 heteroatoms. The lowest BCUT2D eigenvalue weighted by Gasteiger charge is -2.14. The van der Waals surface area contributed by atoms with Crippen LogP contribution in [-0.4, -0.2) is 29.6 Å². The molecule has 4 rings (SSSR count). The Morgan fingerprint density at radius 3 is 2.24 bits per heavy atom. The van der Waals surface area contributed by atoms with E-state index in [2.05, 4.69) is 5.10 Å². The van der Waals surface area contributed by atoms with Crippen molar-refractivity contribution >= 4 is 33.0 Å². The fourth-order valence-corrected chi connectivity index (χ4v) is 4.74. The highest BCUT2D eigenvalue weighted by atomic mass is 35.5. The number of rotatable bonds is 5. The maximum atomic E-state index is 14.8. The predicted octanol–water partition coefficient (Wildman–Crippen LogP) is 6.28. The first-order valence-corrected chi connectivity index (χ1v) is 12.9. The van der Waals surface area contributed by atoms with E-state index in [1.807, 2.05) is 0 Å². The van der Waals surface area contributed by atoms with Crippen molar-refractivity contribution in [2.75, 3.05) is 6.26 Å². The van der Waals surface area contributed by atoms with Crippen LogP contribution in [0.4, 0.5) is 4.39 Å². The molecule has 0 radical (unpaired) electrons. The van der Waals surface area contributed by atoms with Crippen molar-refractivity contribution in [3.05, 3.63) is 88.3 Å². The SMILES string of the molecule is CC(C)(O)c1cc(-c2c(F)cccc2Cl)n(-c2ccc(-c3cccc(S(C)(=O)=O)c3)cc2Cl)n1. The van der Waals surface area contributed by atoms with E-state index in [-0.39, 0.29) is 15.5 Å². The van der Waals surface area contributed by atoms with Crippen LogP contribution in [0.3, 0.4) is 0 Å². The fraction of sp³-hybridized carbons (Fsp3) is 0.160. The lowest BCUT2D eigenvalue weighted by Crippen LogP contribution is -2.16. The molecule has 34 heavy (non-hydrogen) atoms. The van der Waals surface area contributed by atoms with Gasteiger partial charge in [0.25, 0.3) is 0 Å². The van der Waals surface area contributed by atoms with Crippen molar-refractivity contribution in [3.63, 3.8) is 0 Å². The molecule has 0 aliphatic carbocycles. The number of nitrogens with zero attached hydrogens (tertiary/aromatic N) is 2. The van der Waals surface area contributed by atoms with E-state index in [0.29, 0.717) is 33.2 Å². The Labute approximate surface area is 207 Å². The standard InChI is InChI=1S/C25H21Cl2FN2O3S/c1-25(2,31)23-14-22(24-18(26)8-5-9-20(24)28)30(29-23)21-11-10-16(13-19(21)27)15-6-4-7-17(12-15)34(3,32)33/h4-14,31H,1-3H3. The summed E-state index contributed by atoms with van der Waals surface area (Å²) < 4.78 is 40.1. The maximum absolute atomic E-state index is 14.8. The average molecular weight is 519 g/mol. The molecule has 0 aliphatic rings. The van der Waals surface area contributed by atoms with E-state index < -0.39 is 21.3 Å². The summed E-state index contributed by atoms with van der Waals surface area (Å²) in [5.74, 6) is -0.540. The summed E-state index contributed by atoms with van der Waals surface area (Å²) >= 11 is 13.0. The van der Waals surface area contributed by atoms with Gasteiger partial charge < -0.3 is 5.11 Å². The highest BCUT2D eigenvalue weighted by molar-refractivity contribution is 7.90. The van der Waals surface area contributed by atoms with Crippen molar-refractivity contribution in [1.29, 1.82) is 0 Å². The van der Waals surface area contributed by atoms with Gasteiger partial charge in [-0.15, -0.1) is 0 Å². The molecule has 1 N–H and O–H groups in total. The van der Waals surface area contributed by atoms with Crippen LogP contribution < -0.4 is 0 Å². The second-order valence-electron chi connectivity index (χ2n) is 8.45. The number of benzene rings is 3. The highest BCUT2D eigenvalue weighted by Crippen LogP contribution is 2.37. The molecular weight excluding hydrogens is 498 g/mol. The van der Waals surface area contributed by atoms with Crippen molar-refractivity contribution in [1.82, 2.24) is 9.78 Å². The van der Waals surface area contributed by atoms with Crippen molar-refractivity contribution in [2.45, 2.75) is 24.3 Å². The molecule has 0 saturated heterocycles. The van der Waals surface area contributed by atoms with Gasteiger partial charge >= 0.3 is 0 Å². The van der Waals surface area contributed by atoms with Crippen LogP contribution >= 0.6 is 23.2 Å². The minimum atomic E-state index is -3.37. The highest BCUT2D eigenvalue weighted by Gasteiger charge is 2.26. The van der Waals surface area contributed by atoms with Crippen LogP contribution in [0.2, 0.25) is 10.0 Å². The van der Waals surface area contributed by atoms with Gasteiger partial charge in [0.15, 0.2) is 9.84 Å². The molecule has 3 aromatic carbocycles. The molecule has 0 atom stereocenters. The molecule has 0 amide bonds. The summed E-state index contributed by atoms with van der Waals surface area (Å²) in [4.78, 5) is 0.198. The largest absolute Gasteiger partial charge is 0.384 e. The quantitative estimate of drug-likeness (QED) is 0.337. The van der Waals surface area contributed by atoms with E-state index in [1.165, 1.54) is 22.9 Å². The van der Waals surface area contributed by atoms with Gasteiger partial charge in [-0.2, -0.15) is 5.10 Å². The molecule has 1 heterocycles. The molecular formula is C25H21Cl2FN2O3S. The molecule has 0 unspecified atom stereocenters. The van der Waals surface area contributed by atoms with Gasteiger partial charge in [-0.25, -0.2) is 17.5 Å². The number of hydrogen-bond acceptors (Lipinski definition) is 4. The lowest BCUT2D eigenvalue weighted by molar-refractivity contribution is 0.0734. The Kier molecular flexibility index (Phi) is 6.33. The first kappa shape index (κ1) is 24.4. The second kappa shape index (κ2) is 8.82. The maximum Gasteiger partial charge on any atom is 0.175 e. The Morgan fingerprint density at radius 2 is 1.62 bits per heavy atom. The summed E-state index contributed by atoms with van der Waals surface area (Å²) in [6.07, 6.45) is 1.15. The number of sulfone groups is 1. The zero-order valence-electron chi connectivity index (χ0n) is 18.6. The minimum Gasteiger partial charge on any atom is -0.384 e. The van der Waals surface area contributed by atoms with Crippen LogP contribution in [0.1, 0.15) is 19.5 Å². The van der Waals surface area contributed by atoms with Gasteiger partial charge in [-0.3, -0.25) is 0 Å². The summed E-state index contributed by atoms with van der Waals surface area (Å²) in [5, 5.41) is 15.5. The van der Waals surface area contributed by atoms with E-state index in [9.17, 15) is 17.9 Å². The molecule has 5 nitrogen and oxygen atoms in total. The third kappa shape index (κ3) is 4.74. The second-order valence-corrected chi connectivity index (χ2v) is 11.3. The van der Waals surface area contributed by atoms with Crippen LogP contribution in [0.5, 0.6) is 0 Å². The van der Waals surface area contributed by atoms with Crippen molar-refractivity contribution in [3.8, 4) is 28.1 Å². The van der Waals surface area contributed by atoms with Crippen LogP contribution in [-0.2, 0) is 15.4 Å². The lowest BCUT2D eigenvalue weighted by atomic mass is 10.0. The summed E-state index contributed by atoms with van der Waals surface area (Å²) in [6, 6.07) is 17.6. The van der Waals surface area contributed by atoms with Gasteiger partial charge in [-0.1, -0.05) is 47.5 Å². The van der Waals surface area contributed by atoms with Crippen LogP contribution in [0.25, 0.3) is 28.1 Å². The monoisotopic (exact) mass is 518 g/mol. The topological polar surface area (TPSA) is 72.2 Å². The van der Waals surface area contributed by atoms with E-state index >= 15 is 0 Å². The summed E-state index contributed by atoms with van der Waals surface area (Å²) in [6.45, 7) is 3.15. The van der Waals surface area contributed by atoms with E-state index in [1.54, 1.807) is 62.4 Å². The van der Waals surface area contributed by atoms with Gasteiger partial charge in [0.2, 0.25) is 0 Å². The molecule has 1 aromatic heterocycles. The fourth-order valence-electron chi connectivity index (χ4n) is 3.55. The third-order valence-corrected chi connectivity index (χ3v) is 7.05.